The van der Waals surface area contributed by atoms with Crippen molar-refractivity contribution < 1.29 is 0 Å². The van der Waals surface area contributed by atoms with Crippen LogP contribution in [0, 0.1) is 11.8 Å². The van der Waals surface area contributed by atoms with Crippen molar-refractivity contribution in [2.24, 2.45) is 11.8 Å². The predicted molar refractivity (Wildman–Crippen MR) is 91.8 cm³/mol. The summed E-state index contributed by atoms with van der Waals surface area (Å²) in [5.74, 6) is 1.42. The van der Waals surface area contributed by atoms with E-state index in [-0.39, 0.29) is 0 Å². The van der Waals surface area contributed by atoms with Crippen molar-refractivity contribution in [3.05, 3.63) is 47.1 Å². The van der Waals surface area contributed by atoms with Gasteiger partial charge in [0.1, 0.15) is 0 Å². The van der Waals surface area contributed by atoms with Gasteiger partial charge >= 0.3 is 0 Å². The molecule has 0 aromatic rings. The molecule has 0 aromatic carbocycles. The topological polar surface area (TPSA) is 0 Å². The normalized spacial score (nSPS) is 32.3. The van der Waals surface area contributed by atoms with Crippen LogP contribution in [-0.2, 0) is 0 Å². The van der Waals surface area contributed by atoms with Crippen LogP contribution in [0.2, 0.25) is 0 Å². The Bertz CT molecular complexity index is 402. The molecule has 0 spiro atoms. The Labute approximate surface area is 126 Å². The second-order valence-electron chi connectivity index (χ2n) is 6.63. The summed E-state index contributed by atoms with van der Waals surface area (Å²) in [4.78, 5) is 0. The molecule has 0 heterocycles. The quantitative estimate of drug-likeness (QED) is 0.471. The molecular weight excluding hydrogens is 240 g/mol. The largest absolute Gasteiger partial charge is 0.0853 e. The van der Waals surface area contributed by atoms with Crippen LogP contribution in [-0.4, -0.2) is 0 Å². The van der Waals surface area contributed by atoms with Crippen LogP contribution < -0.4 is 0 Å². The summed E-state index contributed by atoms with van der Waals surface area (Å²) in [6.45, 7) is 11.4. The van der Waals surface area contributed by atoms with E-state index in [1.807, 2.05) is 0 Å². The highest BCUT2D eigenvalue weighted by Crippen LogP contribution is 2.23. The molecule has 0 aromatic heterocycles. The van der Waals surface area contributed by atoms with Crippen LogP contribution in [0.5, 0.6) is 0 Å². The maximum Gasteiger partial charge on any atom is -0.0161 e. The molecule has 0 bridgehead atoms. The molecule has 0 saturated heterocycles. The van der Waals surface area contributed by atoms with Gasteiger partial charge in [0.2, 0.25) is 0 Å². The first-order chi connectivity index (χ1) is 9.49. The smallest absolute Gasteiger partial charge is 0.0161 e. The summed E-state index contributed by atoms with van der Waals surface area (Å²) >= 11 is 0. The van der Waals surface area contributed by atoms with Crippen molar-refractivity contribution in [1.29, 1.82) is 0 Å². The molecule has 0 aliphatic heterocycles. The van der Waals surface area contributed by atoms with Gasteiger partial charge in [0.15, 0.2) is 0 Å². The zero-order valence-electron chi connectivity index (χ0n) is 14.1. The molecule has 0 saturated carbocycles. The molecule has 1 aliphatic carbocycles. The fraction of sp³-hybridized carbons (Fsp3) is 0.600. The lowest BCUT2D eigenvalue weighted by Crippen LogP contribution is -2.05. The fourth-order valence-corrected chi connectivity index (χ4v) is 2.59. The minimum Gasteiger partial charge on any atom is -0.0853 e. The Morgan fingerprint density at radius 2 is 1.65 bits per heavy atom. The maximum absolute atomic E-state index is 2.44. The van der Waals surface area contributed by atoms with E-state index in [1.54, 1.807) is 5.57 Å². The molecule has 0 unspecified atom stereocenters. The molecule has 1 atom stereocenters. The average molecular weight is 272 g/mol. The summed E-state index contributed by atoms with van der Waals surface area (Å²) in [5, 5.41) is 0. The van der Waals surface area contributed by atoms with Gasteiger partial charge in [0.25, 0.3) is 0 Å². The summed E-state index contributed by atoms with van der Waals surface area (Å²) in [5.41, 5.74) is 4.46. The average Bonchev–Trinajstić information content (AvgIpc) is 2.37. The third-order valence-electron chi connectivity index (χ3n) is 4.27. The second kappa shape index (κ2) is 9.00. The minimum absolute atomic E-state index is 0.696. The Morgan fingerprint density at radius 3 is 2.35 bits per heavy atom. The van der Waals surface area contributed by atoms with Gasteiger partial charge in [-0.2, -0.15) is 0 Å². The van der Waals surface area contributed by atoms with E-state index in [4.69, 9.17) is 0 Å². The molecule has 0 radical (unpaired) electrons. The van der Waals surface area contributed by atoms with Crippen molar-refractivity contribution in [2.75, 3.05) is 0 Å². The molecule has 0 heteroatoms. The SMILES string of the molecule is C/C1=C/C/C=C(C)/C=C/[C@H](C(C)C)CC/C(C)=C/CC1. The molecule has 0 amide bonds. The van der Waals surface area contributed by atoms with Crippen LogP contribution in [0.4, 0.5) is 0 Å². The predicted octanol–water partition coefficient (Wildman–Crippen LogP) is 6.62. The lowest BCUT2D eigenvalue weighted by atomic mass is 9.88. The molecule has 0 N–H and O–H groups in total. The highest BCUT2D eigenvalue weighted by molar-refractivity contribution is 5.19. The van der Waals surface area contributed by atoms with Crippen LogP contribution >= 0.6 is 0 Å². The standard InChI is InChI=1S/C20H32/c1-16(2)20-14-12-18(4)10-6-8-17(3)9-7-11-19(5)13-15-20/h8,10-12,14,16,20H,6-7,9,13,15H2,1-5H3/b14-12+,17-8-,18-10+,19-11+/t20-/m0/s1. The first-order valence-electron chi connectivity index (χ1n) is 8.15. The Hall–Kier alpha value is -1.04. The van der Waals surface area contributed by atoms with Crippen molar-refractivity contribution in [2.45, 2.75) is 66.7 Å². The zero-order chi connectivity index (χ0) is 15.0. The van der Waals surface area contributed by atoms with Gasteiger partial charge in [-0.15, -0.1) is 0 Å². The van der Waals surface area contributed by atoms with Gasteiger partial charge in [-0.3, -0.25) is 0 Å². The molecular formula is C20H32. The molecule has 20 heavy (non-hydrogen) atoms. The van der Waals surface area contributed by atoms with Gasteiger partial charge in [-0.05, 0) is 64.7 Å². The lowest BCUT2D eigenvalue weighted by Gasteiger charge is -2.17. The molecule has 112 valence electrons. The minimum atomic E-state index is 0.696. The number of hydrogen-bond acceptors (Lipinski definition) is 0. The number of hydrogen-bond donors (Lipinski definition) is 0. The molecule has 0 fully saturated rings. The van der Waals surface area contributed by atoms with Crippen molar-refractivity contribution in [3.63, 3.8) is 0 Å². The van der Waals surface area contributed by atoms with Gasteiger partial charge in [-0.1, -0.05) is 60.9 Å². The summed E-state index contributed by atoms with van der Waals surface area (Å²) in [6, 6.07) is 0. The number of allylic oxidation sites excluding steroid dienone is 8. The van der Waals surface area contributed by atoms with Gasteiger partial charge < -0.3 is 0 Å². The van der Waals surface area contributed by atoms with E-state index in [9.17, 15) is 0 Å². The van der Waals surface area contributed by atoms with E-state index in [1.165, 1.54) is 36.8 Å². The molecule has 1 rings (SSSR count). The van der Waals surface area contributed by atoms with E-state index < -0.39 is 0 Å². The van der Waals surface area contributed by atoms with Gasteiger partial charge in [0, 0.05) is 0 Å². The fourth-order valence-electron chi connectivity index (χ4n) is 2.59. The van der Waals surface area contributed by atoms with Crippen LogP contribution in [0.15, 0.2) is 47.1 Å². The van der Waals surface area contributed by atoms with Crippen LogP contribution in [0.3, 0.4) is 0 Å². The van der Waals surface area contributed by atoms with Crippen LogP contribution in [0.25, 0.3) is 0 Å². The highest BCUT2D eigenvalue weighted by atomic mass is 14.1. The highest BCUT2D eigenvalue weighted by Gasteiger charge is 2.09. The first-order valence-corrected chi connectivity index (χ1v) is 8.15. The number of rotatable bonds is 1. The third-order valence-corrected chi connectivity index (χ3v) is 4.27. The molecule has 1 aliphatic rings. The first kappa shape index (κ1) is 17.0. The summed E-state index contributed by atoms with van der Waals surface area (Å²) in [6.07, 6.45) is 17.9. The van der Waals surface area contributed by atoms with Crippen molar-refractivity contribution in [3.8, 4) is 0 Å². The summed E-state index contributed by atoms with van der Waals surface area (Å²) in [7, 11) is 0. The van der Waals surface area contributed by atoms with Crippen molar-refractivity contribution >= 4 is 0 Å². The van der Waals surface area contributed by atoms with Crippen LogP contribution in [0.1, 0.15) is 66.7 Å². The van der Waals surface area contributed by atoms with E-state index >= 15 is 0 Å². The van der Waals surface area contributed by atoms with E-state index in [0.717, 1.165) is 12.3 Å². The third kappa shape index (κ3) is 6.93. The zero-order valence-corrected chi connectivity index (χ0v) is 14.1. The Morgan fingerprint density at radius 1 is 0.950 bits per heavy atom. The van der Waals surface area contributed by atoms with Crippen molar-refractivity contribution in [1.82, 2.24) is 0 Å². The molecule has 0 nitrogen and oxygen atoms in total. The maximum atomic E-state index is 2.44. The van der Waals surface area contributed by atoms with E-state index in [2.05, 4.69) is 65.0 Å². The van der Waals surface area contributed by atoms with Gasteiger partial charge in [0.05, 0.1) is 0 Å². The lowest BCUT2D eigenvalue weighted by molar-refractivity contribution is 0.435. The van der Waals surface area contributed by atoms with E-state index in [0.29, 0.717) is 5.92 Å². The van der Waals surface area contributed by atoms with Gasteiger partial charge in [-0.25, -0.2) is 0 Å². The Kier molecular flexibility index (Phi) is 7.65. The Balaban J connectivity index is 2.85. The monoisotopic (exact) mass is 272 g/mol. The summed E-state index contributed by atoms with van der Waals surface area (Å²) < 4.78 is 0. The second-order valence-corrected chi connectivity index (χ2v) is 6.63.